The Bertz CT molecular complexity index is 779. The second-order valence-corrected chi connectivity index (χ2v) is 4.63. The number of aromatic amines is 1. The topological polar surface area (TPSA) is 96.7 Å². The molecule has 0 amide bonds. The molecule has 2 heterocycles. The molecule has 0 aliphatic carbocycles. The molecule has 21 heavy (non-hydrogen) atoms. The maximum Gasteiger partial charge on any atom is 0.434 e. The van der Waals surface area contributed by atoms with Gasteiger partial charge in [0.1, 0.15) is 0 Å². The van der Waals surface area contributed by atoms with Crippen LogP contribution < -0.4 is 11.1 Å². The van der Waals surface area contributed by atoms with E-state index in [0.717, 1.165) is 5.56 Å². The maximum atomic E-state index is 10.9. The lowest BCUT2D eigenvalue weighted by Gasteiger charge is -2.04. The Kier molecular flexibility index (Phi) is 3.65. The number of benzene rings is 1. The summed E-state index contributed by atoms with van der Waals surface area (Å²) in [4.78, 5) is 19.1. The van der Waals surface area contributed by atoms with Crippen LogP contribution in [-0.2, 0) is 6.54 Å². The van der Waals surface area contributed by atoms with Crippen molar-refractivity contribution in [1.29, 1.82) is 0 Å². The van der Waals surface area contributed by atoms with Gasteiger partial charge in [0, 0.05) is 24.0 Å². The molecule has 3 rings (SSSR count). The number of hydrogen-bond donors (Lipinski definition) is 2. The first kappa shape index (κ1) is 13.3. The molecule has 2 aromatic heterocycles. The van der Waals surface area contributed by atoms with Crippen LogP contribution in [0.25, 0.3) is 11.5 Å². The monoisotopic (exact) mass is 303 g/mol. The van der Waals surface area contributed by atoms with E-state index in [-0.39, 0.29) is 5.89 Å². The Morgan fingerprint density at radius 3 is 2.52 bits per heavy atom. The third-order valence-electron chi connectivity index (χ3n) is 2.70. The molecule has 0 bridgehead atoms. The summed E-state index contributed by atoms with van der Waals surface area (Å²) < 4.78 is 4.81. The smallest absolute Gasteiger partial charge is 0.388 e. The summed E-state index contributed by atoms with van der Waals surface area (Å²) in [7, 11) is 0. The quantitative estimate of drug-likeness (QED) is 0.766. The van der Waals surface area contributed by atoms with Gasteiger partial charge in [0.15, 0.2) is 0 Å². The number of aromatic nitrogens is 4. The Morgan fingerprint density at radius 1 is 1.19 bits per heavy atom. The normalized spacial score (nSPS) is 10.5. The van der Waals surface area contributed by atoms with Crippen molar-refractivity contribution < 1.29 is 4.42 Å². The molecule has 8 heteroatoms. The predicted molar refractivity (Wildman–Crippen MR) is 76.9 cm³/mol. The van der Waals surface area contributed by atoms with Crippen molar-refractivity contribution in [3.8, 4) is 11.5 Å². The number of nitrogens with zero attached hydrogens (tertiary/aromatic N) is 3. The molecule has 0 aliphatic rings. The van der Waals surface area contributed by atoms with Crippen molar-refractivity contribution in [2.24, 2.45) is 0 Å². The van der Waals surface area contributed by atoms with Gasteiger partial charge in [-0.1, -0.05) is 23.7 Å². The molecule has 0 saturated carbocycles. The van der Waals surface area contributed by atoms with Crippen molar-refractivity contribution in [3.05, 3.63) is 57.8 Å². The fraction of sp³-hybridized carbons (Fsp3) is 0.0769. The highest BCUT2D eigenvalue weighted by Crippen LogP contribution is 2.14. The van der Waals surface area contributed by atoms with Crippen molar-refractivity contribution in [2.45, 2.75) is 6.54 Å². The highest BCUT2D eigenvalue weighted by atomic mass is 35.5. The first-order valence-corrected chi connectivity index (χ1v) is 6.45. The molecule has 3 aromatic rings. The van der Waals surface area contributed by atoms with Crippen LogP contribution in [-0.4, -0.2) is 20.2 Å². The van der Waals surface area contributed by atoms with Crippen LogP contribution in [0.3, 0.4) is 0 Å². The van der Waals surface area contributed by atoms with Gasteiger partial charge in [0.2, 0.25) is 5.95 Å². The SMILES string of the molecule is O=c1[nH]nc(-c2cnc(NCc3ccc(Cl)cc3)nc2)o1. The third-order valence-corrected chi connectivity index (χ3v) is 2.95. The van der Waals surface area contributed by atoms with Gasteiger partial charge in [-0.2, -0.15) is 0 Å². The van der Waals surface area contributed by atoms with Crippen molar-refractivity contribution in [2.75, 3.05) is 5.32 Å². The van der Waals surface area contributed by atoms with Crippen LogP contribution in [0.1, 0.15) is 5.56 Å². The minimum Gasteiger partial charge on any atom is -0.388 e. The Hall–Kier alpha value is -2.67. The Morgan fingerprint density at radius 2 is 1.90 bits per heavy atom. The van der Waals surface area contributed by atoms with E-state index in [1.807, 2.05) is 24.3 Å². The van der Waals surface area contributed by atoms with Gasteiger partial charge >= 0.3 is 5.76 Å². The van der Waals surface area contributed by atoms with Gasteiger partial charge in [0.05, 0.1) is 5.56 Å². The van der Waals surface area contributed by atoms with E-state index in [1.54, 1.807) is 0 Å². The molecular formula is C13H10ClN5O2. The van der Waals surface area contributed by atoms with E-state index in [2.05, 4.69) is 25.5 Å². The van der Waals surface area contributed by atoms with Crippen molar-refractivity contribution >= 4 is 17.5 Å². The molecule has 1 aromatic carbocycles. The van der Waals surface area contributed by atoms with Crippen LogP contribution in [0.15, 0.2) is 45.9 Å². The number of anilines is 1. The fourth-order valence-electron chi connectivity index (χ4n) is 1.67. The zero-order valence-corrected chi connectivity index (χ0v) is 11.5. The third kappa shape index (κ3) is 3.26. The van der Waals surface area contributed by atoms with Gasteiger partial charge in [-0.25, -0.2) is 19.9 Å². The lowest BCUT2D eigenvalue weighted by Crippen LogP contribution is -2.03. The van der Waals surface area contributed by atoms with E-state index < -0.39 is 5.76 Å². The summed E-state index contributed by atoms with van der Waals surface area (Å²) in [6.45, 7) is 0.577. The average molecular weight is 304 g/mol. The summed E-state index contributed by atoms with van der Waals surface area (Å²) in [6.07, 6.45) is 3.05. The minimum atomic E-state index is -0.616. The Labute approximate surface area is 124 Å². The van der Waals surface area contributed by atoms with Gasteiger partial charge in [-0.3, -0.25) is 0 Å². The second kappa shape index (κ2) is 5.76. The molecule has 2 N–H and O–H groups in total. The van der Waals surface area contributed by atoms with Gasteiger partial charge in [-0.15, -0.1) is 5.10 Å². The minimum absolute atomic E-state index is 0.157. The lowest BCUT2D eigenvalue weighted by atomic mass is 10.2. The highest BCUT2D eigenvalue weighted by molar-refractivity contribution is 6.30. The summed E-state index contributed by atoms with van der Waals surface area (Å²) in [5, 5.41) is 9.65. The van der Waals surface area contributed by atoms with Crippen LogP contribution in [0.5, 0.6) is 0 Å². The van der Waals surface area contributed by atoms with Crippen molar-refractivity contribution in [1.82, 2.24) is 20.2 Å². The highest BCUT2D eigenvalue weighted by Gasteiger charge is 2.06. The molecule has 106 valence electrons. The van der Waals surface area contributed by atoms with Crippen LogP contribution >= 0.6 is 11.6 Å². The standard InChI is InChI=1S/C13H10ClN5O2/c14-10-3-1-8(2-4-10)5-15-12-16-6-9(7-17-12)11-18-19-13(20)21-11/h1-4,6-7H,5H2,(H,19,20)(H,15,16,17). The van der Waals surface area contributed by atoms with E-state index >= 15 is 0 Å². The molecule has 0 unspecified atom stereocenters. The fourth-order valence-corrected chi connectivity index (χ4v) is 1.79. The molecule has 0 radical (unpaired) electrons. The summed E-state index contributed by atoms with van der Waals surface area (Å²) in [6, 6.07) is 7.48. The Balaban J connectivity index is 1.67. The van der Waals surface area contributed by atoms with Crippen LogP contribution in [0.4, 0.5) is 5.95 Å². The molecular weight excluding hydrogens is 294 g/mol. The van der Waals surface area contributed by atoms with E-state index in [4.69, 9.17) is 16.0 Å². The summed E-state index contributed by atoms with van der Waals surface area (Å²) in [5.41, 5.74) is 1.58. The zero-order chi connectivity index (χ0) is 14.7. The summed E-state index contributed by atoms with van der Waals surface area (Å²) in [5.74, 6) is 0.00535. The van der Waals surface area contributed by atoms with Gasteiger partial charge < -0.3 is 9.73 Å². The molecule has 0 atom stereocenters. The number of hydrogen-bond acceptors (Lipinski definition) is 6. The molecule has 0 spiro atoms. The first-order chi connectivity index (χ1) is 10.2. The average Bonchev–Trinajstić information content (AvgIpc) is 2.94. The largest absolute Gasteiger partial charge is 0.434 e. The van der Waals surface area contributed by atoms with E-state index in [1.165, 1.54) is 12.4 Å². The molecule has 7 nitrogen and oxygen atoms in total. The van der Waals surface area contributed by atoms with Gasteiger partial charge in [0.25, 0.3) is 5.89 Å². The molecule has 0 fully saturated rings. The van der Waals surface area contributed by atoms with Crippen molar-refractivity contribution in [3.63, 3.8) is 0 Å². The van der Waals surface area contributed by atoms with Gasteiger partial charge in [-0.05, 0) is 17.7 Å². The summed E-state index contributed by atoms with van der Waals surface area (Å²) >= 11 is 5.82. The van der Waals surface area contributed by atoms with Crippen LogP contribution in [0.2, 0.25) is 5.02 Å². The maximum absolute atomic E-state index is 10.9. The molecule has 0 aliphatic heterocycles. The number of nitrogens with one attached hydrogen (secondary N) is 2. The molecule has 0 saturated heterocycles. The zero-order valence-electron chi connectivity index (χ0n) is 10.7. The number of rotatable bonds is 4. The second-order valence-electron chi connectivity index (χ2n) is 4.19. The van der Waals surface area contributed by atoms with E-state index in [9.17, 15) is 4.79 Å². The number of H-pyrrole nitrogens is 1. The number of halogens is 1. The predicted octanol–water partition coefficient (Wildman–Crippen LogP) is 2.09. The first-order valence-electron chi connectivity index (χ1n) is 6.07. The van der Waals surface area contributed by atoms with Crippen LogP contribution in [0, 0.1) is 0 Å². The lowest BCUT2D eigenvalue weighted by molar-refractivity contribution is 0.526. The van der Waals surface area contributed by atoms with E-state index in [0.29, 0.717) is 23.1 Å².